The van der Waals surface area contributed by atoms with Crippen molar-refractivity contribution in [1.82, 2.24) is 9.80 Å². The lowest BCUT2D eigenvalue weighted by molar-refractivity contribution is -0.140. The normalized spacial score (nSPS) is 22.9. The Labute approximate surface area is 173 Å². The zero-order valence-corrected chi connectivity index (χ0v) is 17.4. The van der Waals surface area contributed by atoms with Crippen molar-refractivity contribution in [3.8, 4) is 0 Å². The number of hydrogen-bond acceptors (Lipinski definition) is 4. The van der Waals surface area contributed by atoms with E-state index in [0.29, 0.717) is 38.3 Å². The molecule has 2 saturated heterocycles. The van der Waals surface area contributed by atoms with Crippen molar-refractivity contribution in [3.63, 3.8) is 0 Å². The van der Waals surface area contributed by atoms with E-state index in [4.69, 9.17) is 9.47 Å². The molecule has 30 heavy (non-hydrogen) atoms. The maximum Gasteiger partial charge on any atom is 0.416 e. The van der Waals surface area contributed by atoms with E-state index in [-0.39, 0.29) is 18.4 Å². The number of morpholine rings is 1. The molecule has 166 valence electrons. The van der Waals surface area contributed by atoms with Crippen LogP contribution in [0, 0.1) is 0 Å². The van der Waals surface area contributed by atoms with Gasteiger partial charge in [0.05, 0.1) is 18.8 Å². The van der Waals surface area contributed by atoms with Gasteiger partial charge in [-0.05, 0) is 44.9 Å². The zero-order valence-electron chi connectivity index (χ0n) is 17.4. The summed E-state index contributed by atoms with van der Waals surface area (Å²) >= 11 is 0. The number of hydrogen-bond donors (Lipinski definition) is 0. The summed E-state index contributed by atoms with van der Waals surface area (Å²) in [6.45, 7) is 7.21. The molecule has 1 aromatic rings. The van der Waals surface area contributed by atoms with E-state index in [9.17, 15) is 22.8 Å². The summed E-state index contributed by atoms with van der Waals surface area (Å²) in [5.74, 6) is -0.437. The second-order valence-corrected chi connectivity index (χ2v) is 8.64. The van der Waals surface area contributed by atoms with Crippen molar-refractivity contribution in [2.75, 3.05) is 32.8 Å². The minimum absolute atomic E-state index is 0.182. The second-order valence-electron chi connectivity index (χ2n) is 8.64. The molecule has 0 bridgehead atoms. The van der Waals surface area contributed by atoms with Gasteiger partial charge in [0.15, 0.2) is 0 Å². The molecule has 0 aromatic heterocycles. The fourth-order valence-electron chi connectivity index (χ4n) is 3.77. The van der Waals surface area contributed by atoms with Crippen molar-refractivity contribution in [1.29, 1.82) is 0 Å². The third kappa shape index (κ3) is 5.24. The first-order chi connectivity index (χ1) is 14.0. The molecule has 6 nitrogen and oxygen atoms in total. The minimum Gasteiger partial charge on any atom is -0.444 e. The number of ether oxygens (including phenoxy) is 2. The van der Waals surface area contributed by atoms with Gasteiger partial charge in [-0.25, -0.2) is 4.79 Å². The number of carbonyl (C=O) groups is 2. The molecular weight excluding hydrogens is 401 g/mol. The van der Waals surface area contributed by atoms with E-state index in [2.05, 4.69) is 0 Å². The molecule has 2 heterocycles. The van der Waals surface area contributed by atoms with Crippen LogP contribution in [0.4, 0.5) is 18.0 Å². The molecule has 0 aliphatic carbocycles. The van der Waals surface area contributed by atoms with Gasteiger partial charge < -0.3 is 14.4 Å². The largest absolute Gasteiger partial charge is 0.444 e. The summed E-state index contributed by atoms with van der Waals surface area (Å²) in [7, 11) is 0. The Bertz CT molecular complexity index is 768. The molecule has 1 unspecified atom stereocenters. The molecule has 3 rings (SSSR count). The molecule has 2 atom stereocenters. The minimum atomic E-state index is -4.41. The summed E-state index contributed by atoms with van der Waals surface area (Å²) in [6, 6.07) is 4.18. The molecule has 0 spiro atoms. The van der Waals surface area contributed by atoms with E-state index in [1.165, 1.54) is 17.0 Å². The van der Waals surface area contributed by atoms with Crippen LogP contribution >= 0.6 is 0 Å². The van der Waals surface area contributed by atoms with Crippen LogP contribution in [0.25, 0.3) is 0 Å². The lowest BCUT2D eigenvalue weighted by atomic mass is 9.95. The van der Waals surface area contributed by atoms with Crippen LogP contribution in [0.5, 0.6) is 0 Å². The number of alkyl halides is 3. The molecule has 0 saturated carbocycles. The summed E-state index contributed by atoms with van der Waals surface area (Å²) < 4.78 is 49.4. The fourth-order valence-corrected chi connectivity index (χ4v) is 3.77. The Morgan fingerprint density at radius 1 is 1.07 bits per heavy atom. The Kier molecular flexibility index (Phi) is 6.31. The number of halogens is 3. The first-order valence-electron chi connectivity index (χ1n) is 9.99. The van der Waals surface area contributed by atoms with Crippen LogP contribution in [0.2, 0.25) is 0 Å². The van der Waals surface area contributed by atoms with E-state index < -0.39 is 29.5 Å². The highest BCUT2D eigenvalue weighted by Crippen LogP contribution is 2.36. The number of likely N-dealkylation sites (tertiary alicyclic amines) is 1. The quantitative estimate of drug-likeness (QED) is 0.722. The number of rotatable bonds is 2. The topological polar surface area (TPSA) is 59.1 Å². The third-order valence-corrected chi connectivity index (χ3v) is 5.25. The predicted octanol–water partition coefficient (Wildman–Crippen LogP) is 3.66. The zero-order chi connectivity index (χ0) is 22.1. The molecule has 2 aliphatic rings. The summed E-state index contributed by atoms with van der Waals surface area (Å²) in [5, 5.41) is 0. The standard InChI is InChI=1S/C21H27F3N2O4/c1-20(2,3)30-19(28)26-13-15(14-4-6-16(7-5-14)21(22,23)24)12-17(26)18(27)25-8-10-29-11-9-25/h4-7,15,17H,8-13H2,1-3H3/t15?,17-/m0/s1. The van der Waals surface area contributed by atoms with E-state index >= 15 is 0 Å². The van der Waals surface area contributed by atoms with Gasteiger partial charge in [0.25, 0.3) is 0 Å². The summed E-state index contributed by atoms with van der Waals surface area (Å²) in [4.78, 5) is 29.0. The third-order valence-electron chi connectivity index (χ3n) is 5.25. The van der Waals surface area contributed by atoms with Gasteiger partial charge in [-0.15, -0.1) is 0 Å². The first-order valence-corrected chi connectivity index (χ1v) is 9.99. The summed E-state index contributed by atoms with van der Waals surface area (Å²) in [6.07, 6.45) is -4.67. The Balaban J connectivity index is 1.81. The van der Waals surface area contributed by atoms with Gasteiger partial charge >= 0.3 is 12.3 Å². The molecule has 1 aromatic carbocycles. The number of amides is 2. The van der Waals surface area contributed by atoms with Crippen molar-refractivity contribution in [3.05, 3.63) is 35.4 Å². The van der Waals surface area contributed by atoms with Crippen LogP contribution < -0.4 is 0 Å². The molecule has 2 fully saturated rings. The van der Waals surface area contributed by atoms with E-state index in [1.807, 2.05) is 0 Å². The first kappa shape index (κ1) is 22.4. The van der Waals surface area contributed by atoms with Crippen LogP contribution in [0.3, 0.4) is 0 Å². The van der Waals surface area contributed by atoms with Gasteiger partial charge in [0, 0.05) is 25.6 Å². The van der Waals surface area contributed by atoms with Crippen molar-refractivity contribution in [2.45, 2.75) is 50.9 Å². The average Bonchev–Trinajstić information content (AvgIpc) is 3.12. The lowest BCUT2D eigenvalue weighted by Crippen LogP contribution is -2.51. The summed E-state index contributed by atoms with van der Waals surface area (Å²) in [5.41, 5.74) is -0.793. The van der Waals surface area contributed by atoms with Crippen molar-refractivity contribution in [2.24, 2.45) is 0 Å². The molecular formula is C21H27F3N2O4. The fraction of sp³-hybridized carbons (Fsp3) is 0.619. The smallest absolute Gasteiger partial charge is 0.416 e. The Morgan fingerprint density at radius 3 is 2.20 bits per heavy atom. The Morgan fingerprint density at radius 2 is 1.67 bits per heavy atom. The van der Waals surface area contributed by atoms with Gasteiger partial charge in [0.1, 0.15) is 11.6 Å². The maximum atomic E-state index is 13.1. The van der Waals surface area contributed by atoms with Crippen molar-refractivity contribution >= 4 is 12.0 Å². The average molecular weight is 428 g/mol. The van der Waals surface area contributed by atoms with Crippen molar-refractivity contribution < 1.29 is 32.2 Å². The molecule has 2 aliphatic heterocycles. The van der Waals surface area contributed by atoms with E-state index in [0.717, 1.165) is 12.1 Å². The number of carbonyl (C=O) groups excluding carboxylic acids is 2. The van der Waals surface area contributed by atoms with Crippen LogP contribution in [0.1, 0.15) is 44.2 Å². The Hall–Kier alpha value is -2.29. The van der Waals surface area contributed by atoms with Crippen LogP contribution in [-0.4, -0.2) is 66.3 Å². The highest BCUT2D eigenvalue weighted by Gasteiger charge is 2.43. The van der Waals surface area contributed by atoms with Gasteiger partial charge in [-0.3, -0.25) is 9.69 Å². The van der Waals surface area contributed by atoms with Gasteiger partial charge in [-0.1, -0.05) is 12.1 Å². The lowest BCUT2D eigenvalue weighted by Gasteiger charge is -2.33. The number of benzene rings is 1. The monoisotopic (exact) mass is 428 g/mol. The molecule has 2 amide bonds. The number of nitrogens with zero attached hydrogens (tertiary/aromatic N) is 2. The van der Waals surface area contributed by atoms with Gasteiger partial charge in [0.2, 0.25) is 5.91 Å². The highest BCUT2D eigenvalue weighted by atomic mass is 19.4. The molecule has 0 radical (unpaired) electrons. The van der Waals surface area contributed by atoms with Crippen LogP contribution in [0.15, 0.2) is 24.3 Å². The maximum absolute atomic E-state index is 13.1. The van der Waals surface area contributed by atoms with Crippen LogP contribution in [-0.2, 0) is 20.4 Å². The second kappa shape index (κ2) is 8.45. The van der Waals surface area contributed by atoms with E-state index in [1.54, 1.807) is 25.7 Å². The van der Waals surface area contributed by atoms with Gasteiger partial charge in [-0.2, -0.15) is 13.2 Å². The molecule has 9 heteroatoms. The highest BCUT2D eigenvalue weighted by molar-refractivity contribution is 5.86. The SMILES string of the molecule is CC(C)(C)OC(=O)N1CC(c2ccc(C(F)(F)F)cc2)C[C@H]1C(=O)N1CCOCC1. The molecule has 0 N–H and O–H groups in total. The predicted molar refractivity (Wildman–Crippen MR) is 103 cm³/mol.